The topological polar surface area (TPSA) is 67.4 Å². The first kappa shape index (κ1) is 17.4. The van der Waals surface area contributed by atoms with Crippen LogP contribution in [0.1, 0.15) is 23.3 Å². The molecule has 26 heavy (non-hydrogen) atoms. The van der Waals surface area contributed by atoms with Crippen LogP contribution < -0.4 is 15.0 Å². The summed E-state index contributed by atoms with van der Waals surface area (Å²) in [5, 5.41) is 3.25. The molecule has 2 aromatic heterocycles. The first-order valence-electron chi connectivity index (χ1n) is 8.09. The van der Waals surface area contributed by atoms with Gasteiger partial charge in [-0.1, -0.05) is 11.6 Å². The Kier molecular flexibility index (Phi) is 4.44. The summed E-state index contributed by atoms with van der Waals surface area (Å²) in [6.45, 7) is -0.418. The number of rotatable bonds is 6. The Balaban J connectivity index is 1.53. The maximum Gasteiger partial charge on any atom is 0.282 e. The molecule has 2 aromatic rings. The number of aromatic nitrogens is 2. The van der Waals surface area contributed by atoms with Crippen molar-refractivity contribution in [2.45, 2.75) is 18.8 Å². The van der Waals surface area contributed by atoms with E-state index < -0.39 is 24.9 Å². The van der Waals surface area contributed by atoms with E-state index in [-0.39, 0.29) is 17.4 Å². The summed E-state index contributed by atoms with van der Waals surface area (Å²) in [4.78, 5) is 22.1. The molecular weight excluding hydrogens is 386 g/mol. The van der Waals surface area contributed by atoms with Crippen LogP contribution in [0.3, 0.4) is 0 Å². The molecule has 1 saturated heterocycles. The standard InChI is InChI=1S/C16H15ClF2N4O2S/c17-11-3-4-12(26-11)22-14(24)10-5-20-13(23-7-16(18,19)8-23)15(21-10)25-6-9-1-2-9/h3-5,9H,1-2,6-8H2,(H,22,24). The molecule has 1 aliphatic heterocycles. The highest BCUT2D eigenvalue weighted by molar-refractivity contribution is 7.20. The summed E-state index contributed by atoms with van der Waals surface area (Å²) in [5.74, 6) is -2.39. The SMILES string of the molecule is O=C(Nc1ccc(Cl)s1)c1cnc(N2CC(F)(F)C2)c(OCC2CC2)n1. The number of nitrogens with one attached hydrogen (secondary N) is 1. The van der Waals surface area contributed by atoms with Gasteiger partial charge in [0.2, 0.25) is 0 Å². The highest BCUT2D eigenvalue weighted by Gasteiger charge is 2.46. The van der Waals surface area contributed by atoms with Gasteiger partial charge in [0.05, 0.1) is 35.2 Å². The number of thiophene rings is 1. The minimum Gasteiger partial charge on any atom is -0.475 e. The predicted octanol–water partition coefficient (Wildman–Crippen LogP) is 3.69. The van der Waals surface area contributed by atoms with Crippen molar-refractivity contribution in [3.63, 3.8) is 0 Å². The van der Waals surface area contributed by atoms with Crippen LogP contribution in [-0.4, -0.2) is 41.5 Å². The van der Waals surface area contributed by atoms with Gasteiger partial charge in [-0.3, -0.25) is 4.79 Å². The van der Waals surface area contributed by atoms with E-state index in [1.807, 2.05) is 0 Å². The van der Waals surface area contributed by atoms with E-state index in [2.05, 4.69) is 15.3 Å². The van der Waals surface area contributed by atoms with Gasteiger partial charge in [0.1, 0.15) is 0 Å². The van der Waals surface area contributed by atoms with Crippen LogP contribution in [0.5, 0.6) is 5.88 Å². The predicted molar refractivity (Wildman–Crippen MR) is 94.7 cm³/mol. The van der Waals surface area contributed by atoms with Crippen LogP contribution in [0.4, 0.5) is 19.6 Å². The third-order valence-corrected chi connectivity index (χ3v) is 5.21. The number of ether oxygens (including phenoxy) is 1. The molecule has 0 radical (unpaired) electrons. The molecule has 138 valence electrons. The van der Waals surface area contributed by atoms with Gasteiger partial charge in [0.15, 0.2) is 11.5 Å². The number of hydrogen-bond acceptors (Lipinski definition) is 6. The van der Waals surface area contributed by atoms with Crippen molar-refractivity contribution in [1.29, 1.82) is 0 Å². The number of halogens is 3. The number of carbonyl (C=O) groups excluding carboxylic acids is 1. The normalized spacial score (nSPS) is 18.3. The number of alkyl halides is 2. The van der Waals surface area contributed by atoms with Gasteiger partial charge in [0, 0.05) is 0 Å². The van der Waals surface area contributed by atoms with Crippen LogP contribution in [0.2, 0.25) is 4.34 Å². The van der Waals surface area contributed by atoms with Gasteiger partial charge < -0.3 is 15.0 Å². The molecule has 1 aliphatic carbocycles. The van der Waals surface area contributed by atoms with Gasteiger partial charge in [-0.05, 0) is 30.9 Å². The van der Waals surface area contributed by atoms with Crippen molar-refractivity contribution >= 4 is 39.7 Å². The smallest absolute Gasteiger partial charge is 0.282 e. The van der Waals surface area contributed by atoms with E-state index in [9.17, 15) is 13.6 Å². The van der Waals surface area contributed by atoms with Crippen LogP contribution in [0.15, 0.2) is 18.3 Å². The molecule has 0 spiro atoms. The van der Waals surface area contributed by atoms with Gasteiger partial charge in [0.25, 0.3) is 17.7 Å². The lowest BCUT2D eigenvalue weighted by Gasteiger charge is -2.39. The average Bonchev–Trinajstić information content (AvgIpc) is 3.32. The van der Waals surface area contributed by atoms with Crippen LogP contribution in [0.25, 0.3) is 0 Å². The minimum atomic E-state index is -2.73. The minimum absolute atomic E-state index is 0.0522. The van der Waals surface area contributed by atoms with Gasteiger partial charge in [-0.15, -0.1) is 11.3 Å². The Morgan fingerprint density at radius 3 is 2.81 bits per heavy atom. The third kappa shape index (κ3) is 3.88. The number of hydrogen-bond donors (Lipinski definition) is 1. The Bertz CT molecular complexity index is 835. The average molecular weight is 401 g/mol. The van der Waals surface area contributed by atoms with Crippen molar-refractivity contribution in [2.24, 2.45) is 5.92 Å². The van der Waals surface area contributed by atoms with E-state index in [1.165, 1.54) is 22.4 Å². The largest absolute Gasteiger partial charge is 0.475 e. The van der Waals surface area contributed by atoms with Gasteiger partial charge in [-0.2, -0.15) is 0 Å². The van der Waals surface area contributed by atoms with Gasteiger partial charge >= 0.3 is 0 Å². The molecule has 1 amide bonds. The summed E-state index contributed by atoms with van der Waals surface area (Å²) < 4.78 is 32.6. The lowest BCUT2D eigenvalue weighted by molar-refractivity contribution is -0.0270. The second-order valence-corrected chi connectivity index (χ2v) is 8.12. The molecule has 4 rings (SSSR count). The summed E-state index contributed by atoms with van der Waals surface area (Å²) in [6, 6.07) is 3.35. The third-order valence-electron chi connectivity index (χ3n) is 4.06. The molecular formula is C16H15ClF2N4O2S. The van der Waals surface area contributed by atoms with Crippen molar-refractivity contribution in [3.05, 3.63) is 28.4 Å². The zero-order valence-electron chi connectivity index (χ0n) is 13.5. The first-order chi connectivity index (χ1) is 12.4. The molecule has 1 N–H and O–H groups in total. The quantitative estimate of drug-likeness (QED) is 0.801. The maximum atomic E-state index is 13.2. The monoisotopic (exact) mass is 400 g/mol. The Hall–Kier alpha value is -2.00. The number of carbonyl (C=O) groups is 1. The van der Waals surface area contributed by atoms with Crippen LogP contribution >= 0.6 is 22.9 Å². The van der Waals surface area contributed by atoms with Gasteiger partial charge in [-0.25, -0.2) is 18.7 Å². The zero-order chi connectivity index (χ0) is 18.3. The molecule has 1 saturated carbocycles. The molecule has 2 fully saturated rings. The highest BCUT2D eigenvalue weighted by Crippen LogP contribution is 2.36. The van der Waals surface area contributed by atoms with Crippen molar-refractivity contribution in [2.75, 3.05) is 29.9 Å². The van der Waals surface area contributed by atoms with Crippen LogP contribution in [-0.2, 0) is 0 Å². The Morgan fingerprint density at radius 2 is 2.19 bits per heavy atom. The summed E-state index contributed by atoms with van der Waals surface area (Å²) in [5.41, 5.74) is 0.0522. The first-order valence-corrected chi connectivity index (χ1v) is 9.28. The van der Waals surface area contributed by atoms with E-state index in [0.717, 1.165) is 12.8 Å². The fourth-order valence-corrected chi connectivity index (χ4v) is 3.43. The lowest BCUT2D eigenvalue weighted by atomic mass is 10.1. The molecule has 0 unspecified atom stereocenters. The second kappa shape index (κ2) is 6.62. The summed E-state index contributed by atoms with van der Waals surface area (Å²) >= 11 is 7.07. The maximum absolute atomic E-state index is 13.2. The van der Waals surface area contributed by atoms with E-state index >= 15 is 0 Å². The Morgan fingerprint density at radius 1 is 1.42 bits per heavy atom. The number of anilines is 2. The molecule has 6 nitrogen and oxygen atoms in total. The van der Waals surface area contributed by atoms with E-state index in [1.54, 1.807) is 12.1 Å². The summed E-state index contributed by atoms with van der Waals surface area (Å²) in [6.07, 6.45) is 3.41. The Labute approximate surface area is 157 Å². The molecule has 3 heterocycles. The number of nitrogens with zero attached hydrogens (tertiary/aromatic N) is 3. The molecule has 0 aromatic carbocycles. The molecule has 10 heteroatoms. The fraction of sp³-hybridized carbons (Fsp3) is 0.438. The molecule has 0 atom stereocenters. The fourth-order valence-electron chi connectivity index (χ4n) is 2.49. The van der Waals surface area contributed by atoms with Crippen molar-refractivity contribution in [1.82, 2.24) is 9.97 Å². The highest BCUT2D eigenvalue weighted by atomic mass is 35.5. The molecule has 0 bridgehead atoms. The van der Waals surface area contributed by atoms with Crippen molar-refractivity contribution in [3.8, 4) is 5.88 Å². The van der Waals surface area contributed by atoms with Crippen LogP contribution in [0, 0.1) is 5.92 Å². The summed E-state index contributed by atoms with van der Waals surface area (Å²) in [7, 11) is 0. The number of amides is 1. The molecule has 2 aliphatic rings. The van der Waals surface area contributed by atoms with Crippen molar-refractivity contribution < 1.29 is 18.3 Å². The van der Waals surface area contributed by atoms with E-state index in [0.29, 0.717) is 21.9 Å². The second-order valence-electron chi connectivity index (χ2n) is 6.41. The lowest BCUT2D eigenvalue weighted by Crippen LogP contribution is -2.56. The van der Waals surface area contributed by atoms with E-state index in [4.69, 9.17) is 16.3 Å². The zero-order valence-corrected chi connectivity index (χ0v) is 15.1.